The number of rotatable bonds is 8. The summed E-state index contributed by atoms with van der Waals surface area (Å²) in [5.74, 6) is 0. The lowest BCUT2D eigenvalue weighted by molar-refractivity contribution is 0.107. The molecule has 0 fully saturated rings. The van der Waals surface area contributed by atoms with Crippen molar-refractivity contribution in [1.29, 1.82) is 0 Å². The van der Waals surface area contributed by atoms with Gasteiger partial charge in [-0.25, -0.2) is 0 Å². The van der Waals surface area contributed by atoms with Crippen molar-refractivity contribution < 1.29 is 4.74 Å². The van der Waals surface area contributed by atoms with Crippen LogP contribution in [0.5, 0.6) is 0 Å². The smallest absolute Gasteiger partial charge is 0.0721 e. The number of ether oxygens (including phenoxy) is 1. The Morgan fingerprint density at radius 3 is 1.65 bits per heavy atom. The first-order valence-electron chi connectivity index (χ1n) is 8.40. The van der Waals surface area contributed by atoms with Crippen LogP contribution in [0.15, 0.2) is 60.7 Å². The van der Waals surface area contributed by atoms with E-state index in [1.807, 2.05) is 0 Å². The Bertz CT molecular complexity index is 595. The molecular formula is C22H26O. The summed E-state index contributed by atoms with van der Waals surface area (Å²) in [7, 11) is 0. The fourth-order valence-electron chi connectivity index (χ4n) is 2.37. The molecular weight excluding hydrogens is 280 g/mol. The third kappa shape index (κ3) is 6.25. The summed E-state index contributed by atoms with van der Waals surface area (Å²) in [6, 6.07) is 17.0. The highest BCUT2D eigenvalue weighted by Crippen LogP contribution is 2.12. The molecule has 0 aromatic heterocycles. The second-order valence-corrected chi connectivity index (χ2v) is 5.60. The molecule has 0 aliphatic heterocycles. The van der Waals surface area contributed by atoms with Crippen molar-refractivity contribution in [1.82, 2.24) is 0 Å². The molecule has 0 unspecified atom stereocenters. The summed E-state index contributed by atoms with van der Waals surface area (Å²) in [4.78, 5) is 0. The first-order chi connectivity index (χ1) is 11.3. The van der Waals surface area contributed by atoms with Gasteiger partial charge < -0.3 is 4.74 Å². The van der Waals surface area contributed by atoms with Gasteiger partial charge in [-0.05, 0) is 47.2 Å². The molecule has 1 nitrogen and oxygen atoms in total. The SMILES string of the molecule is CCC=Cc1cccc(COCc2cccc(C=CCC)c2)c1. The molecule has 2 aromatic carbocycles. The second-order valence-electron chi connectivity index (χ2n) is 5.60. The standard InChI is InChI=1S/C22H26O/c1-3-5-9-19-11-7-13-21(15-19)17-23-18-22-14-8-12-20(16-22)10-6-4-2/h5-16H,3-4,17-18H2,1-2H3. The second kappa shape index (κ2) is 9.81. The van der Waals surface area contributed by atoms with Crippen LogP contribution in [0.3, 0.4) is 0 Å². The Kier molecular flexibility index (Phi) is 7.35. The maximum absolute atomic E-state index is 5.88. The summed E-state index contributed by atoms with van der Waals surface area (Å²) >= 11 is 0. The van der Waals surface area contributed by atoms with Gasteiger partial charge in [-0.1, -0.05) is 74.5 Å². The molecule has 0 aliphatic carbocycles. The van der Waals surface area contributed by atoms with Gasteiger partial charge in [-0.3, -0.25) is 0 Å². The highest BCUT2D eigenvalue weighted by atomic mass is 16.5. The third-order valence-electron chi connectivity index (χ3n) is 3.53. The van der Waals surface area contributed by atoms with E-state index in [1.165, 1.54) is 22.3 Å². The van der Waals surface area contributed by atoms with Crippen LogP contribution in [-0.2, 0) is 18.0 Å². The first kappa shape index (κ1) is 17.2. The minimum absolute atomic E-state index is 0.642. The molecule has 0 aliphatic rings. The summed E-state index contributed by atoms with van der Waals surface area (Å²) in [5.41, 5.74) is 4.90. The molecule has 0 N–H and O–H groups in total. The van der Waals surface area contributed by atoms with Crippen molar-refractivity contribution in [2.24, 2.45) is 0 Å². The van der Waals surface area contributed by atoms with Gasteiger partial charge in [0, 0.05) is 0 Å². The predicted octanol–water partition coefficient (Wildman–Crippen LogP) is 6.25. The first-order valence-corrected chi connectivity index (χ1v) is 8.40. The van der Waals surface area contributed by atoms with Crippen molar-refractivity contribution in [3.05, 3.63) is 82.9 Å². The molecule has 2 rings (SSSR count). The van der Waals surface area contributed by atoms with Crippen molar-refractivity contribution in [2.75, 3.05) is 0 Å². The van der Waals surface area contributed by atoms with E-state index >= 15 is 0 Å². The van der Waals surface area contributed by atoms with Crippen LogP contribution in [-0.4, -0.2) is 0 Å². The molecule has 0 atom stereocenters. The van der Waals surface area contributed by atoms with Crippen molar-refractivity contribution in [3.8, 4) is 0 Å². The molecule has 23 heavy (non-hydrogen) atoms. The van der Waals surface area contributed by atoms with Crippen LogP contribution in [0.25, 0.3) is 12.2 Å². The molecule has 0 saturated carbocycles. The van der Waals surface area contributed by atoms with E-state index in [-0.39, 0.29) is 0 Å². The number of hydrogen-bond acceptors (Lipinski definition) is 1. The minimum Gasteiger partial charge on any atom is -0.372 e. The van der Waals surface area contributed by atoms with E-state index in [0.717, 1.165) is 12.8 Å². The summed E-state index contributed by atoms with van der Waals surface area (Å²) in [6.45, 7) is 5.58. The molecule has 0 saturated heterocycles. The zero-order chi connectivity index (χ0) is 16.3. The van der Waals surface area contributed by atoms with Crippen LogP contribution >= 0.6 is 0 Å². The van der Waals surface area contributed by atoms with Crippen LogP contribution in [0.1, 0.15) is 48.9 Å². The zero-order valence-corrected chi connectivity index (χ0v) is 14.2. The summed E-state index contributed by atoms with van der Waals surface area (Å²) in [5, 5.41) is 0. The highest BCUT2D eigenvalue weighted by Gasteiger charge is 1.97. The van der Waals surface area contributed by atoms with E-state index in [2.05, 4.69) is 86.7 Å². The largest absolute Gasteiger partial charge is 0.372 e. The molecule has 2 aromatic rings. The minimum atomic E-state index is 0.642. The molecule has 0 radical (unpaired) electrons. The van der Waals surface area contributed by atoms with Gasteiger partial charge in [-0.15, -0.1) is 0 Å². The van der Waals surface area contributed by atoms with Gasteiger partial charge in [-0.2, -0.15) is 0 Å². The van der Waals surface area contributed by atoms with Gasteiger partial charge >= 0.3 is 0 Å². The lowest BCUT2D eigenvalue weighted by Gasteiger charge is -2.06. The van der Waals surface area contributed by atoms with E-state index < -0.39 is 0 Å². The van der Waals surface area contributed by atoms with E-state index in [0.29, 0.717) is 13.2 Å². The monoisotopic (exact) mass is 306 g/mol. The van der Waals surface area contributed by atoms with E-state index in [4.69, 9.17) is 4.74 Å². The Balaban J connectivity index is 1.89. The van der Waals surface area contributed by atoms with Crippen LogP contribution in [0.2, 0.25) is 0 Å². The van der Waals surface area contributed by atoms with Crippen molar-refractivity contribution in [3.63, 3.8) is 0 Å². The van der Waals surface area contributed by atoms with E-state index in [9.17, 15) is 0 Å². The maximum Gasteiger partial charge on any atom is 0.0721 e. The molecule has 120 valence electrons. The quantitative estimate of drug-likeness (QED) is 0.560. The molecule has 0 spiro atoms. The van der Waals surface area contributed by atoms with Gasteiger partial charge in [0.05, 0.1) is 13.2 Å². The topological polar surface area (TPSA) is 9.23 Å². The Morgan fingerprint density at radius 2 is 1.22 bits per heavy atom. The van der Waals surface area contributed by atoms with Crippen LogP contribution in [0, 0.1) is 0 Å². The zero-order valence-electron chi connectivity index (χ0n) is 14.2. The highest BCUT2D eigenvalue weighted by molar-refractivity contribution is 5.50. The predicted molar refractivity (Wildman–Crippen MR) is 100 cm³/mol. The van der Waals surface area contributed by atoms with Crippen LogP contribution < -0.4 is 0 Å². The summed E-state index contributed by atoms with van der Waals surface area (Å²) < 4.78 is 5.88. The van der Waals surface area contributed by atoms with Gasteiger partial charge in [0.15, 0.2) is 0 Å². The Hall–Kier alpha value is -2.12. The molecule has 0 amide bonds. The van der Waals surface area contributed by atoms with Gasteiger partial charge in [0.25, 0.3) is 0 Å². The lowest BCUT2D eigenvalue weighted by Crippen LogP contribution is -1.95. The van der Waals surface area contributed by atoms with Crippen molar-refractivity contribution >= 4 is 12.2 Å². The average Bonchev–Trinajstić information content (AvgIpc) is 2.59. The fraction of sp³-hybridized carbons (Fsp3) is 0.273. The van der Waals surface area contributed by atoms with Gasteiger partial charge in [0.1, 0.15) is 0 Å². The number of benzene rings is 2. The average molecular weight is 306 g/mol. The molecule has 0 heterocycles. The summed E-state index contributed by atoms with van der Waals surface area (Å²) in [6.07, 6.45) is 10.8. The number of hydrogen-bond donors (Lipinski definition) is 0. The van der Waals surface area contributed by atoms with Gasteiger partial charge in [0.2, 0.25) is 0 Å². The lowest BCUT2D eigenvalue weighted by atomic mass is 10.1. The number of allylic oxidation sites excluding steroid dienone is 2. The molecule has 0 bridgehead atoms. The molecule has 1 heteroatoms. The normalized spacial score (nSPS) is 11.6. The maximum atomic E-state index is 5.88. The Morgan fingerprint density at radius 1 is 0.739 bits per heavy atom. The fourth-order valence-corrected chi connectivity index (χ4v) is 2.37. The van der Waals surface area contributed by atoms with Crippen LogP contribution in [0.4, 0.5) is 0 Å². The van der Waals surface area contributed by atoms with E-state index in [1.54, 1.807) is 0 Å². The van der Waals surface area contributed by atoms with Crippen molar-refractivity contribution in [2.45, 2.75) is 39.9 Å². The Labute approximate surface area is 140 Å². The third-order valence-corrected chi connectivity index (χ3v) is 3.53.